The van der Waals surface area contributed by atoms with Crippen molar-refractivity contribution in [3.63, 3.8) is 0 Å². The predicted molar refractivity (Wildman–Crippen MR) is 119 cm³/mol. The summed E-state index contributed by atoms with van der Waals surface area (Å²) in [6.45, 7) is 16.3. The van der Waals surface area contributed by atoms with Crippen molar-refractivity contribution in [2.45, 2.75) is 60.3 Å². The molecule has 1 aromatic carbocycles. The molecule has 1 heterocycles. The molecule has 2 atom stereocenters. The maximum atomic E-state index is 4.66. The second-order valence-electron chi connectivity index (χ2n) is 7.48. The van der Waals surface area contributed by atoms with Crippen LogP contribution in [0.15, 0.2) is 34.9 Å². The Bertz CT molecular complexity index is 718. The van der Waals surface area contributed by atoms with Crippen LogP contribution >= 0.6 is 0 Å². The van der Waals surface area contributed by atoms with Crippen molar-refractivity contribution in [1.82, 2.24) is 0 Å². The van der Waals surface area contributed by atoms with Gasteiger partial charge in [0.2, 0.25) is 0 Å². The van der Waals surface area contributed by atoms with Gasteiger partial charge in [0.25, 0.3) is 0 Å². The molecular formula is C25H35N. The predicted octanol–water partition coefficient (Wildman–Crippen LogP) is 7.23. The molecule has 1 aliphatic heterocycles. The van der Waals surface area contributed by atoms with Crippen molar-refractivity contribution in [2.24, 2.45) is 16.8 Å². The standard InChI is InChI=1S/C25H35N/c1-7-18(5)20(9-3)15-21-11-12-22-16-23(19(6)8-2)17-26-14-13-25(22)24(21)10-4/h10-12,14-16,18-19H,4,7-9,13,17H2,1-3,5-6H3/b20-15+,23-16+,26-14?. The molecule has 0 saturated heterocycles. The average molecular weight is 350 g/mol. The molecule has 0 aromatic heterocycles. The van der Waals surface area contributed by atoms with E-state index in [1.54, 1.807) is 0 Å². The SMILES string of the molecule is C=Cc1c(/C=C(\CC)C(C)CC)ccc2c1CC=NC/C(C(C)CC)=C\2. The molecule has 0 amide bonds. The molecule has 0 N–H and O–H groups in total. The first-order valence-corrected chi connectivity index (χ1v) is 10.2. The van der Waals surface area contributed by atoms with Gasteiger partial charge < -0.3 is 0 Å². The van der Waals surface area contributed by atoms with Gasteiger partial charge in [0.15, 0.2) is 0 Å². The number of benzene rings is 1. The van der Waals surface area contributed by atoms with Crippen LogP contribution in [-0.4, -0.2) is 12.8 Å². The van der Waals surface area contributed by atoms with E-state index in [-0.39, 0.29) is 0 Å². The lowest BCUT2D eigenvalue weighted by Gasteiger charge is -2.19. The highest BCUT2D eigenvalue weighted by molar-refractivity contribution is 5.78. The van der Waals surface area contributed by atoms with Crippen LogP contribution in [0.2, 0.25) is 0 Å². The Hall–Kier alpha value is -1.89. The molecule has 2 rings (SSSR count). The summed E-state index contributed by atoms with van der Waals surface area (Å²) in [5, 5.41) is 0. The first-order chi connectivity index (χ1) is 12.5. The van der Waals surface area contributed by atoms with Crippen molar-refractivity contribution in [3.05, 3.63) is 52.1 Å². The number of aliphatic imine (C=N–C) groups is 1. The van der Waals surface area contributed by atoms with E-state index in [0.29, 0.717) is 11.8 Å². The third-order valence-corrected chi connectivity index (χ3v) is 5.91. The minimum absolute atomic E-state index is 0.571. The zero-order chi connectivity index (χ0) is 19.1. The van der Waals surface area contributed by atoms with Crippen LogP contribution in [0.25, 0.3) is 18.2 Å². The Morgan fingerprint density at radius 1 is 1.19 bits per heavy atom. The molecule has 1 heteroatoms. The Balaban J connectivity index is 2.58. The van der Waals surface area contributed by atoms with Gasteiger partial charge in [-0.3, -0.25) is 4.99 Å². The van der Waals surface area contributed by atoms with Gasteiger partial charge in [-0.1, -0.05) is 77.1 Å². The zero-order valence-electron chi connectivity index (χ0n) is 17.3. The smallest absolute Gasteiger partial charge is 0.0601 e. The van der Waals surface area contributed by atoms with Crippen molar-refractivity contribution in [2.75, 3.05) is 6.54 Å². The van der Waals surface area contributed by atoms with Crippen LogP contribution < -0.4 is 0 Å². The topological polar surface area (TPSA) is 12.4 Å². The molecule has 1 aliphatic rings. The van der Waals surface area contributed by atoms with Crippen LogP contribution in [-0.2, 0) is 6.42 Å². The van der Waals surface area contributed by atoms with Gasteiger partial charge in [-0.25, -0.2) is 0 Å². The molecule has 0 bridgehead atoms. The molecule has 0 radical (unpaired) electrons. The van der Waals surface area contributed by atoms with Gasteiger partial charge >= 0.3 is 0 Å². The Kier molecular flexibility index (Phi) is 7.63. The van der Waals surface area contributed by atoms with Gasteiger partial charge in [0.05, 0.1) is 6.54 Å². The van der Waals surface area contributed by atoms with Crippen molar-refractivity contribution in [1.29, 1.82) is 0 Å². The lowest BCUT2D eigenvalue weighted by atomic mass is 9.87. The van der Waals surface area contributed by atoms with Gasteiger partial charge in [-0.2, -0.15) is 0 Å². The van der Waals surface area contributed by atoms with E-state index >= 15 is 0 Å². The highest BCUT2D eigenvalue weighted by Crippen LogP contribution is 2.30. The van der Waals surface area contributed by atoms with Gasteiger partial charge in [0.1, 0.15) is 0 Å². The number of allylic oxidation sites excluding steroid dienone is 1. The maximum absolute atomic E-state index is 4.66. The van der Waals surface area contributed by atoms with E-state index in [1.807, 2.05) is 6.08 Å². The summed E-state index contributed by atoms with van der Waals surface area (Å²) in [6, 6.07) is 4.57. The maximum Gasteiger partial charge on any atom is 0.0601 e. The number of rotatable bonds is 7. The minimum Gasteiger partial charge on any atom is -0.293 e. The highest BCUT2D eigenvalue weighted by Gasteiger charge is 2.14. The first-order valence-electron chi connectivity index (χ1n) is 10.2. The summed E-state index contributed by atoms with van der Waals surface area (Å²) in [5.41, 5.74) is 8.20. The third kappa shape index (κ3) is 4.63. The molecule has 0 aliphatic carbocycles. The summed E-state index contributed by atoms with van der Waals surface area (Å²) in [6.07, 6.45) is 13.2. The van der Waals surface area contributed by atoms with Crippen molar-refractivity contribution < 1.29 is 0 Å². The Morgan fingerprint density at radius 2 is 1.96 bits per heavy atom. The van der Waals surface area contributed by atoms with Gasteiger partial charge in [-0.05, 0) is 58.9 Å². The van der Waals surface area contributed by atoms with Crippen LogP contribution in [0, 0.1) is 11.8 Å². The molecule has 0 fully saturated rings. The quantitative estimate of drug-likeness (QED) is 0.492. The lowest BCUT2D eigenvalue weighted by molar-refractivity contribution is 0.638. The third-order valence-electron chi connectivity index (χ3n) is 5.91. The van der Waals surface area contributed by atoms with E-state index in [1.165, 1.54) is 39.8 Å². The van der Waals surface area contributed by atoms with Crippen LogP contribution in [0.1, 0.15) is 76.1 Å². The largest absolute Gasteiger partial charge is 0.293 e. The Morgan fingerprint density at radius 3 is 2.58 bits per heavy atom. The van der Waals surface area contributed by atoms with Crippen LogP contribution in [0.4, 0.5) is 0 Å². The zero-order valence-corrected chi connectivity index (χ0v) is 17.3. The fourth-order valence-electron chi connectivity index (χ4n) is 3.62. The van der Waals surface area contributed by atoms with Crippen molar-refractivity contribution >= 4 is 24.4 Å². The van der Waals surface area contributed by atoms with Gasteiger partial charge in [-0.15, -0.1) is 0 Å². The highest BCUT2D eigenvalue weighted by atomic mass is 14.7. The molecule has 2 unspecified atom stereocenters. The second kappa shape index (κ2) is 9.71. The van der Waals surface area contributed by atoms with E-state index in [9.17, 15) is 0 Å². The van der Waals surface area contributed by atoms with E-state index in [0.717, 1.165) is 25.8 Å². The summed E-state index contributed by atoms with van der Waals surface area (Å²) in [7, 11) is 0. The number of hydrogen-bond acceptors (Lipinski definition) is 1. The van der Waals surface area contributed by atoms with Crippen LogP contribution in [0.3, 0.4) is 0 Å². The molecule has 0 saturated carbocycles. The fourth-order valence-corrected chi connectivity index (χ4v) is 3.62. The monoisotopic (exact) mass is 349 g/mol. The van der Waals surface area contributed by atoms with E-state index in [4.69, 9.17) is 0 Å². The molecule has 1 aromatic rings. The van der Waals surface area contributed by atoms with Crippen LogP contribution in [0.5, 0.6) is 0 Å². The Labute approximate surface area is 160 Å². The van der Waals surface area contributed by atoms with Crippen molar-refractivity contribution in [3.8, 4) is 0 Å². The molecule has 140 valence electrons. The molecular weight excluding hydrogens is 314 g/mol. The van der Waals surface area contributed by atoms with E-state index < -0.39 is 0 Å². The summed E-state index contributed by atoms with van der Waals surface area (Å²) < 4.78 is 0. The molecule has 26 heavy (non-hydrogen) atoms. The summed E-state index contributed by atoms with van der Waals surface area (Å²) in [5.74, 6) is 1.19. The molecule has 1 nitrogen and oxygen atoms in total. The van der Waals surface area contributed by atoms with Gasteiger partial charge in [0, 0.05) is 12.6 Å². The summed E-state index contributed by atoms with van der Waals surface area (Å²) in [4.78, 5) is 4.66. The number of nitrogens with zero attached hydrogens (tertiary/aromatic N) is 1. The molecule has 0 spiro atoms. The van der Waals surface area contributed by atoms with E-state index in [2.05, 4.69) is 76.7 Å². The first kappa shape index (κ1) is 20.4. The minimum atomic E-state index is 0.571. The number of hydrogen-bond donors (Lipinski definition) is 0. The lowest BCUT2D eigenvalue weighted by Crippen LogP contribution is -2.07. The summed E-state index contributed by atoms with van der Waals surface area (Å²) >= 11 is 0. The normalized spacial score (nSPS) is 19.0. The second-order valence-corrected chi connectivity index (χ2v) is 7.48. The number of fused-ring (bicyclic) bond motifs is 1. The fraction of sp³-hybridized carbons (Fsp3) is 0.480. The average Bonchev–Trinajstić information content (AvgIpc) is 2.65.